The van der Waals surface area contributed by atoms with E-state index in [9.17, 15) is 4.79 Å². The minimum Gasteiger partial charge on any atom is -0.324 e. The number of carbonyl (C=O) groups is 1. The smallest absolute Gasteiger partial charge is 0.160 e. The summed E-state index contributed by atoms with van der Waals surface area (Å²) in [5.41, 5.74) is 8.49. The fourth-order valence-electron chi connectivity index (χ4n) is 1.47. The SMILES string of the molecule is Cc1nn(C)c(C)c1CNCC(=O)CN. The van der Waals surface area contributed by atoms with Gasteiger partial charge in [0.2, 0.25) is 0 Å². The minimum atomic E-state index is 0.0224. The summed E-state index contributed by atoms with van der Waals surface area (Å²) >= 11 is 0. The number of rotatable bonds is 5. The van der Waals surface area contributed by atoms with Crippen LogP contribution in [0.1, 0.15) is 17.0 Å². The standard InChI is InChI=1S/C10H18N4O/c1-7-10(8(2)14(3)13-7)6-12-5-9(15)4-11/h12H,4-6,11H2,1-3H3. The van der Waals surface area contributed by atoms with Gasteiger partial charge in [0.05, 0.1) is 18.8 Å². The van der Waals surface area contributed by atoms with Crippen molar-refractivity contribution in [2.75, 3.05) is 13.1 Å². The molecule has 0 saturated carbocycles. The molecule has 5 nitrogen and oxygen atoms in total. The van der Waals surface area contributed by atoms with Gasteiger partial charge in [-0.2, -0.15) is 5.10 Å². The average molecular weight is 210 g/mol. The summed E-state index contributed by atoms with van der Waals surface area (Å²) in [6.07, 6.45) is 0. The molecule has 1 aromatic rings. The number of nitrogens with two attached hydrogens (primary N) is 1. The first kappa shape index (κ1) is 11.9. The summed E-state index contributed by atoms with van der Waals surface area (Å²) in [7, 11) is 1.91. The van der Waals surface area contributed by atoms with Crippen molar-refractivity contribution < 1.29 is 4.79 Å². The topological polar surface area (TPSA) is 72.9 Å². The number of Topliss-reactive ketones (excluding diaryl/α,β-unsaturated/α-hetero) is 1. The zero-order chi connectivity index (χ0) is 11.4. The fraction of sp³-hybridized carbons (Fsp3) is 0.600. The van der Waals surface area contributed by atoms with E-state index in [1.54, 1.807) is 0 Å². The van der Waals surface area contributed by atoms with Crippen LogP contribution in [-0.2, 0) is 18.4 Å². The van der Waals surface area contributed by atoms with Crippen LogP contribution in [-0.4, -0.2) is 28.7 Å². The number of hydrogen-bond donors (Lipinski definition) is 2. The van der Waals surface area contributed by atoms with Gasteiger partial charge < -0.3 is 11.1 Å². The van der Waals surface area contributed by atoms with Crippen LogP contribution in [0.4, 0.5) is 0 Å². The molecule has 1 rings (SSSR count). The third-order valence-electron chi connectivity index (χ3n) is 2.51. The Morgan fingerprint density at radius 2 is 2.20 bits per heavy atom. The summed E-state index contributed by atoms with van der Waals surface area (Å²) in [5.74, 6) is 0.0224. The van der Waals surface area contributed by atoms with Crippen molar-refractivity contribution in [2.24, 2.45) is 12.8 Å². The highest BCUT2D eigenvalue weighted by Gasteiger charge is 2.08. The fourth-order valence-corrected chi connectivity index (χ4v) is 1.47. The summed E-state index contributed by atoms with van der Waals surface area (Å²) in [5, 5.41) is 7.36. The molecule has 5 heteroatoms. The molecule has 0 aliphatic carbocycles. The molecule has 0 aromatic carbocycles. The Hall–Kier alpha value is -1.20. The van der Waals surface area contributed by atoms with Gasteiger partial charge in [-0.25, -0.2) is 0 Å². The highest BCUT2D eigenvalue weighted by molar-refractivity contribution is 5.82. The van der Waals surface area contributed by atoms with Crippen molar-refractivity contribution in [3.63, 3.8) is 0 Å². The second kappa shape index (κ2) is 5.04. The quantitative estimate of drug-likeness (QED) is 0.697. The molecule has 1 heterocycles. The molecule has 1 aromatic heterocycles. The molecule has 0 aliphatic rings. The van der Waals surface area contributed by atoms with Crippen molar-refractivity contribution in [1.29, 1.82) is 0 Å². The number of carbonyl (C=O) groups excluding carboxylic acids is 1. The van der Waals surface area contributed by atoms with Crippen molar-refractivity contribution in [3.05, 3.63) is 17.0 Å². The van der Waals surface area contributed by atoms with Gasteiger partial charge in [0.25, 0.3) is 0 Å². The van der Waals surface area contributed by atoms with Crippen LogP contribution in [0.3, 0.4) is 0 Å². The molecule has 0 unspecified atom stereocenters. The lowest BCUT2D eigenvalue weighted by Crippen LogP contribution is -2.28. The van der Waals surface area contributed by atoms with Crippen LogP contribution in [0, 0.1) is 13.8 Å². The minimum absolute atomic E-state index is 0.0224. The molecule has 0 amide bonds. The Balaban J connectivity index is 2.54. The van der Waals surface area contributed by atoms with Crippen molar-refractivity contribution in [2.45, 2.75) is 20.4 Å². The molecule has 0 spiro atoms. The molecular formula is C10H18N4O. The van der Waals surface area contributed by atoms with E-state index in [-0.39, 0.29) is 12.3 Å². The second-order valence-electron chi connectivity index (χ2n) is 3.62. The van der Waals surface area contributed by atoms with Gasteiger partial charge in [0.15, 0.2) is 5.78 Å². The molecule has 3 N–H and O–H groups in total. The third-order valence-corrected chi connectivity index (χ3v) is 2.51. The summed E-state index contributed by atoms with van der Waals surface area (Å²) in [6, 6.07) is 0. The Labute approximate surface area is 89.6 Å². The van der Waals surface area contributed by atoms with Gasteiger partial charge in [-0.05, 0) is 13.8 Å². The lowest BCUT2D eigenvalue weighted by atomic mass is 10.2. The second-order valence-corrected chi connectivity index (χ2v) is 3.62. The molecule has 0 saturated heterocycles. The van der Waals surface area contributed by atoms with Crippen LogP contribution in [0.25, 0.3) is 0 Å². The highest BCUT2D eigenvalue weighted by atomic mass is 16.1. The van der Waals surface area contributed by atoms with E-state index in [4.69, 9.17) is 5.73 Å². The van der Waals surface area contributed by atoms with Crippen LogP contribution in [0.5, 0.6) is 0 Å². The first-order chi connectivity index (χ1) is 7.06. The zero-order valence-electron chi connectivity index (χ0n) is 9.50. The van der Waals surface area contributed by atoms with E-state index >= 15 is 0 Å². The van der Waals surface area contributed by atoms with E-state index < -0.39 is 0 Å². The lowest BCUT2D eigenvalue weighted by molar-refractivity contribution is -0.116. The molecular weight excluding hydrogens is 192 g/mol. The van der Waals surface area contributed by atoms with Gasteiger partial charge in [0.1, 0.15) is 0 Å². The average Bonchev–Trinajstić information content (AvgIpc) is 2.44. The summed E-state index contributed by atoms with van der Waals surface area (Å²) in [6.45, 7) is 5.07. The lowest BCUT2D eigenvalue weighted by Gasteiger charge is -2.03. The van der Waals surface area contributed by atoms with Crippen molar-refractivity contribution >= 4 is 5.78 Å². The Morgan fingerprint density at radius 3 is 2.67 bits per heavy atom. The van der Waals surface area contributed by atoms with E-state index in [0.29, 0.717) is 13.1 Å². The maximum absolute atomic E-state index is 11.0. The number of ketones is 1. The zero-order valence-corrected chi connectivity index (χ0v) is 9.50. The van der Waals surface area contributed by atoms with Gasteiger partial charge in [0, 0.05) is 24.8 Å². The first-order valence-corrected chi connectivity index (χ1v) is 4.97. The Morgan fingerprint density at radius 1 is 1.53 bits per heavy atom. The maximum atomic E-state index is 11.0. The number of nitrogens with zero attached hydrogens (tertiary/aromatic N) is 2. The summed E-state index contributed by atoms with van der Waals surface area (Å²) in [4.78, 5) is 11.0. The van der Waals surface area contributed by atoms with Gasteiger partial charge in [-0.1, -0.05) is 0 Å². The first-order valence-electron chi connectivity index (χ1n) is 4.97. The predicted octanol–water partition coefficient (Wildman–Crippen LogP) is -0.346. The van der Waals surface area contributed by atoms with Crippen molar-refractivity contribution in [3.8, 4) is 0 Å². The van der Waals surface area contributed by atoms with Crippen LogP contribution < -0.4 is 11.1 Å². The van der Waals surface area contributed by atoms with E-state index in [1.165, 1.54) is 0 Å². The molecule has 0 bridgehead atoms. The molecule has 0 aliphatic heterocycles. The number of hydrogen-bond acceptors (Lipinski definition) is 4. The van der Waals surface area contributed by atoms with Gasteiger partial charge in [-0.15, -0.1) is 0 Å². The van der Waals surface area contributed by atoms with Gasteiger partial charge >= 0.3 is 0 Å². The van der Waals surface area contributed by atoms with E-state index in [2.05, 4.69) is 10.4 Å². The van der Waals surface area contributed by atoms with Crippen LogP contribution in [0.2, 0.25) is 0 Å². The van der Waals surface area contributed by atoms with E-state index in [0.717, 1.165) is 17.0 Å². The molecule has 15 heavy (non-hydrogen) atoms. The number of aromatic nitrogens is 2. The highest BCUT2D eigenvalue weighted by Crippen LogP contribution is 2.10. The maximum Gasteiger partial charge on any atom is 0.160 e. The van der Waals surface area contributed by atoms with E-state index in [1.807, 2.05) is 25.6 Å². The van der Waals surface area contributed by atoms with Gasteiger partial charge in [-0.3, -0.25) is 9.48 Å². The molecule has 0 radical (unpaired) electrons. The Bertz CT molecular complexity index is 357. The van der Waals surface area contributed by atoms with Crippen molar-refractivity contribution in [1.82, 2.24) is 15.1 Å². The third kappa shape index (κ3) is 2.87. The molecule has 0 atom stereocenters. The molecule has 0 fully saturated rings. The number of aryl methyl sites for hydroxylation is 2. The Kier molecular flexibility index (Phi) is 3.99. The monoisotopic (exact) mass is 210 g/mol. The number of nitrogens with one attached hydrogen (secondary N) is 1. The van der Waals surface area contributed by atoms with Crippen LogP contribution in [0.15, 0.2) is 0 Å². The molecule has 84 valence electrons. The normalized spacial score (nSPS) is 10.7. The largest absolute Gasteiger partial charge is 0.324 e. The predicted molar refractivity (Wildman–Crippen MR) is 58.5 cm³/mol. The summed E-state index contributed by atoms with van der Waals surface area (Å²) < 4.78 is 1.84. The van der Waals surface area contributed by atoms with Crippen LogP contribution >= 0.6 is 0 Å².